The smallest absolute Gasteiger partial charge is 0.0897 e. The van der Waals surface area contributed by atoms with Crippen LogP contribution in [0.2, 0.25) is 0 Å². The Balaban J connectivity index is 0.00000147. The normalized spacial score (nSPS) is 39.9. The molecule has 0 aromatic carbocycles. The second kappa shape index (κ2) is 6.95. The molecular weight excluding hydrogens is 274 g/mol. The van der Waals surface area contributed by atoms with Crippen LogP contribution in [0.4, 0.5) is 0 Å². The molecule has 4 bridgehead atoms. The number of hydrogen-bond acceptors (Lipinski definition) is 3. The maximum atomic E-state index is 9.97. The molecule has 4 fully saturated rings. The van der Waals surface area contributed by atoms with Crippen molar-refractivity contribution < 1.29 is 22.3 Å². The molecule has 4 heteroatoms. The highest BCUT2D eigenvalue weighted by molar-refractivity contribution is 4.99. The van der Waals surface area contributed by atoms with E-state index in [1.54, 1.807) is 0 Å². The summed E-state index contributed by atoms with van der Waals surface area (Å²) in [6, 6.07) is 0.427. The molecule has 0 amide bonds. The van der Waals surface area contributed by atoms with Crippen molar-refractivity contribution in [3.05, 3.63) is 0 Å². The van der Waals surface area contributed by atoms with Gasteiger partial charge >= 0.3 is 0 Å². The summed E-state index contributed by atoms with van der Waals surface area (Å²) in [7, 11) is 0. The van der Waals surface area contributed by atoms with Crippen molar-refractivity contribution in [2.45, 2.75) is 64.2 Å². The molecule has 20 heavy (non-hydrogen) atoms. The van der Waals surface area contributed by atoms with Crippen LogP contribution in [-0.4, -0.2) is 36.5 Å². The molecule has 3 nitrogen and oxygen atoms in total. The van der Waals surface area contributed by atoms with E-state index >= 15 is 0 Å². The van der Waals surface area contributed by atoms with Gasteiger partial charge in [0, 0.05) is 12.6 Å². The lowest BCUT2D eigenvalue weighted by Gasteiger charge is -2.54. The van der Waals surface area contributed by atoms with E-state index in [1.807, 2.05) is 0 Å². The van der Waals surface area contributed by atoms with Crippen LogP contribution >= 0.6 is 0 Å². The third-order valence-electron chi connectivity index (χ3n) is 5.38. The molecule has 1 unspecified atom stereocenters. The van der Waals surface area contributed by atoms with E-state index in [-0.39, 0.29) is 18.5 Å². The van der Waals surface area contributed by atoms with E-state index < -0.39 is 0 Å². The van der Waals surface area contributed by atoms with E-state index in [9.17, 15) is 5.11 Å². The van der Waals surface area contributed by atoms with Crippen LogP contribution in [0.25, 0.3) is 0 Å². The molecule has 0 aromatic rings. The zero-order valence-corrected chi connectivity index (χ0v) is 13.5. The first-order valence-electron chi connectivity index (χ1n) is 8.15. The topological polar surface area (TPSA) is 41.5 Å². The molecule has 0 aliphatic heterocycles. The minimum atomic E-state index is -0.361. The van der Waals surface area contributed by atoms with Gasteiger partial charge in [-0.05, 0) is 55.8 Å². The largest absolute Gasteiger partial charge is 1.00 e. The molecule has 0 aromatic heterocycles. The molecule has 4 saturated carbocycles. The Morgan fingerprint density at radius 1 is 1.05 bits per heavy atom. The minimum absolute atomic E-state index is 0. The first-order valence-corrected chi connectivity index (χ1v) is 8.15. The van der Waals surface area contributed by atoms with Gasteiger partial charge in [-0.2, -0.15) is 0 Å². The van der Waals surface area contributed by atoms with Gasteiger partial charge in [-0.25, -0.2) is 0 Å². The van der Waals surface area contributed by atoms with Crippen LogP contribution in [0.1, 0.15) is 46.0 Å². The zero-order valence-electron chi connectivity index (χ0n) is 12.7. The fraction of sp³-hybridized carbons (Fsp3) is 1.00. The van der Waals surface area contributed by atoms with Gasteiger partial charge in [0.1, 0.15) is 0 Å². The maximum absolute atomic E-state index is 9.97. The monoisotopic (exact) mass is 302 g/mol. The van der Waals surface area contributed by atoms with Crippen LogP contribution in [0.5, 0.6) is 0 Å². The molecule has 118 valence electrons. The van der Waals surface area contributed by atoms with Gasteiger partial charge in [0.15, 0.2) is 0 Å². The summed E-state index contributed by atoms with van der Waals surface area (Å²) in [5.41, 5.74) is 0. The van der Waals surface area contributed by atoms with E-state index in [2.05, 4.69) is 19.2 Å². The highest BCUT2D eigenvalue weighted by Crippen LogP contribution is 2.54. The summed E-state index contributed by atoms with van der Waals surface area (Å²) >= 11 is 0. The highest BCUT2D eigenvalue weighted by Gasteiger charge is 2.48. The number of ether oxygens (including phenoxy) is 1. The Labute approximate surface area is 129 Å². The molecule has 4 aliphatic carbocycles. The predicted octanol–water partition coefficient (Wildman–Crippen LogP) is -0.809. The highest BCUT2D eigenvalue weighted by atomic mass is 35.5. The van der Waals surface area contributed by atoms with Gasteiger partial charge in [-0.15, -0.1) is 0 Å². The maximum Gasteiger partial charge on any atom is 0.0897 e. The summed E-state index contributed by atoms with van der Waals surface area (Å²) in [6.07, 6.45) is 7.12. The molecular formula is C16H29ClNO2-. The van der Waals surface area contributed by atoms with Gasteiger partial charge in [0.05, 0.1) is 18.8 Å². The van der Waals surface area contributed by atoms with Crippen molar-refractivity contribution in [2.75, 3.05) is 13.2 Å². The van der Waals surface area contributed by atoms with E-state index in [0.29, 0.717) is 25.3 Å². The standard InChI is InChI=1S/C16H29NO2.ClH/c1-10(2)17-8-15(18)9-19-16-13-4-11-3-12(6-13)7-14(16)5-11;/h10-18H,3-9H2,1-2H3;1H/p-1. The van der Waals surface area contributed by atoms with Gasteiger partial charge in [0.2, 0.25) is 0 Å². The number of aliphatic hydroxyl groups is 1. The molecule has 2 N–H and O–H groups in total. The van der Waals surface area contributed by atoms with Crippen molar-refractivity contribution >= 4 is 0 Å². The first-order chi connectivity index (χ1) is 9.11. The van der Waals surface area contributed by atoms with Gasteiger partial charge in [-0.1, -0.05) is 13.8 Å². The third-order valence-corrected chi connectivity index (χ3v) is 5.38. The zero-order chi connectivity index (χ0) is 13.4. The number of hydrogen-bond donors (Lipinski definition) is 2. The van der Waals surface area contributed by atoms with Crippen LogP contribution in [0, 0.1) is 23.7 Å². The predicted molar refractivity (Wildman–Crippen MR) is 75.9 cm³/mol. The number of nitrogens with one attached hydrogen (secondary N) is 1. The lowest BCUT2D eigenvalue weighted by atomic mass is 9.55. The van der Waals surface area contributed by atoms with Gasteiger partial charge in [-0.3, -0.25) is 0 Å². The number of halogens is 1. The molecule has 0 radical (unpaired) electrons. The van der Waals surface area contributed by atoms with Crippen molar-refractivity contribution in [3.63, 3.8) is 0 Å². The molecule has 0 spiro atoms. The van der Waals surface area contributed by atoms with Crippen molar-refractivity contribution in [1.82, 2.24) is 5.32 Å². The van der Waals surface area contributed by atoms with Crippen LogP contribution < -0.4 is 17.7 Å². The van der Waals surface area contributed by atoms with Gasteiger partial charge < -0.3 is 27.6 Å². The summed E-state index contributed by atoms with van der Waals surface area (Å²) in [4.78, 5) is 0. The molecule has 4 rings (SSSR count). The first kappa shape index (κ1) is 16.5. The summed E-state index contributed by atoms with van der Waals surface area (Å²) in [5, 5.41) is 13.2. The number of rotatable bonds is 6. The Bertz CT molecular complexity index is 283. The van der Waals surface area contributed by atoms with E-state index in [4.69, 9.17) is 4.74 Å². The summed E-state index contributed by atoms with van der Waals surface area (Å²) in [6.45, 7) is 5.36. The fourth-order valence-electron chi connectivity index (χ4n) is 4.80. The quantitative estimate of drug-likeness (QED) is 0.674. The lowest BCUT2D eigenvalue weighted by Crippen LogP contribution is -3.00. The van der Waals surface area contributed by atoms with Gasteiger partial charge in [0.25, 0.3) is 0 Å². The van der Waals surface area contributed by atoms with Crippen LogP contribution in [-0.2, 0) is 4.74 Å². The fourth-order valence-corrected chi connectivity index (χ4v) is 4.80. The third kappa shape index (κ3) is 3.68. The van der Waals surface area contributed by atoms with Crippen molar-refractivity contribution in [3.8, 4) is 0 Å². The summed E-state index contributed by atoms with van der Waals surface area (Å²) in [5.74, 6) is 3.58. The second-order valence-electron chi connectivity index (χ2n) is 7.45. The number of aliphatic hydroxyl groups excluding tert-OH is 1. The molecule has 0 saturated heterocycles. The Hall–Kier alpha value is 0.170. The van der Waals surface area contributed by atoms with E-state index in [1.165, 1.54) is 32.1 Å². The summed E-state index contributed by atoms with van der Waals surface area (Å²) < 4.78 is 6.12. The molecule has 0 heterocycles. The Morgan fingerprint density at radius 3 is 2.10 bits per heavy atom. The second-order valence-corrected chi connectivity index (χ2v) is 7.45. The lowest BCUT2D eigenvalue weighted by molar-refractivity contribution is -0.139. The Kier molecular flexibility index (Phi) is 5.75. The van der Waals surface area contributed by atoms with Crippen molar-refractivity contribution in [2.24, 2.45) is 23.7 Å². The van der Waals surface area contributed by atoms with Crippen LogP contribution in [0.3, 0.4) is 0 Å². The van der Waals surface area contributed by atoms with Crippen molar-refractivity contribution in [1.29, 1.82) is 0 Å². The molecule has 1 atom stereocenters. The minimum Gasteiger partial charge on any atom is -1.00 e. The van der Waals surface area contributed by atoms with E-state index in [0.717, 1.165) is 23.7 Å². The average Bonchev–Trinajstić information content (AvgIpc) is 2.34. The average molecular weight is 303 g/mol. The van der Waals surface area contributed by atoms with Crippen LogP contribution in [0.15, 0.2) is 0 Å². The molecule has 4 aliphatic rings. The Morgan fingerprint density at radius 2 is 1.60 bits per heavy atom. The SMILES string of the molecule is CC(C)NCC(O)COC1C2CC3CC(C2)CC1C3.[Cl-].